The second-order valence-corrected chi connectivity index (χ2v) is 5.60. The molecule has 0 aliphatic carbocycles. The lowest BCUT2D eigenvalue weighted by atomic mass is 10.3. The van der Waals surface area contributed by atoms with E-state index < -0.39 is 9.85 Å². The summed E-state index contributed by atoms with van der Waals surface area (Å²) in [6.45, 7) is 0. The van der Waals surface area contributed by atoms with Crippen molar-refractivity contribution >= 4 is 23.1 Å². The third-order valence-electron chi connectivity index (χ3n) is 3.10. The molecule has 10 heteroatoms. The van der Waals surface area contributed by atoms with Crippen molar-refractivity contribution in [3.63, 3.8) is 0 Å². The summed E-state index contributed by atoms with van der Waals surface area (Å²) in [5.41, 5.74) is 0.113. The van der Waals surface area contributed by atoms with Crippen LogP contribution in [-0.2, 0) is 0 Å². The van der Waals surface area contributed by atoms with Crippen LogP contribution in [0.2, 0.25) is 0 Å². The van der Waals surface area contributed by atoms with Crippen LogP contribution in [0, 0.1) is 20.2 Å². The third kappa shape index (κ3) is 3.08. The molecule has 24 heavy (non-hydrogen) atoms. The number of benzene rings is 2. The van der Waals surface area contributed by atoms with Crippen LogP contribution in [0.1, 0.15) is 0 Å². The molecule has 0 saturated heterocycles. The Kier molecular flexibility index (Phi) is 4.20. The molecule has 0 saturated carbocycles. The Morgan fingerprint density at radius 2 is 1.75 bits per heavy atom. The molecule has 2 aromatic carbocycles. The van der Waals surface area contributed by atoms with Gasteiger partial charge in [0.2, 0.25) is 5.16 Å². The number of rotatable bonds is 5. The third-order valence-corrected chi connectivity index (χ3v) is 4.13. The molecule has 0 atom stereocenters. The number of nitrogens with zero attached hydrogens (tertiary/aromatic N) is 5. The van der Waals surface area contributed by atoms with Crippen molar-refractivity contribution in [1.82, 2.24) is 14.8 Å². The first-order chi connectivity index (χ1) is 11.6. The number of aromatic nitrogens is 3. The molecule has 1 aromatic heterocycles. The van der Waals surface area contributed by atoms with E-state index >= 15 is 0 Å². The lowest BCUT2D eigenvalue weighted by Crippen LogP contribution is -1.97. The van der Waals surface area contributed by atoms with E-state index in [1.54, 1.807) is 4.57 Å². The van der Waals surface area contributed by atoms with Crippen molar-refractivity contribution in [2.24, 2.45) is 0 Å². The summed E-state index contributed by atoms with van der Waals surface area (Å²) < 4.78 is 1.68. The first-order valence-electron chi connectivity index (χ1n) is 6.62. The van der Waals surface area contributed by atoms with Crippen LogP contribution in [0.3, 0.4) is 0 Å². The van der Waals surface area contributed by atoms with Gasteiger partial charge in [0.15, 0.2) is 0 Å². The summed E-state index contributed by atoms with van der Waals surface area (Å²) in [6, 6.07) is 12.7. The lowest BCUT2D eigenvalue weighted by Gasteiger charge is -2.06. The van der Waals surface area contributed by atoms with Crippen LogP contribution in [0.15, 0.2) is 64.9 Å². The fourth-order valence-electron chi connectivity index (χ4n) is 2.01. The van der Waals surface area contributed by atoms with Gasteiger partial charge in [-0.1, -0.05) is 18.2 Å². The summed E-state index contributed by atoms with van der Waals surface area (Å²) in [4.78, 5) is 20.9. The quantitative estimate of drug-likeness (QED) is 0.515. The Bertz CT molecular complexity index is 913. The standard InChI is InChI=1S/C14H9N5O4S/c20-18(21)11-6-7-13(12(8-11)19(22)23)24-14-16-15-9-17(14)10-4-2-1-3-5-10/h1-9H. The van der Waals surface area contributed by atoms with E-state index in [4.69, 9.17) is 0 Å². The summed E-state index contributed by atoms with van der Waals surface area (Å²) in [5, 5.41) is 30.2. The number of hydrogen-bond donors (Lipinski definition) is 0. The molecule has 3 rings (SSSR count). The lowest BCUT2D eigenvalue weighted by molar-refractivity contribution is -0.396. The maximum absolute atomic E-state index is 11.2. The molecule has 0 spiro atoms. The van der Waals surface area contributed by atoms with Gasteiger partial charge in [-0.3, -0.25) is 24.8 Å². The number of nitro groups is 2. The maximum atomic E-state index is 11.2. The highest BCUT2D eigenvalue weighted by Crippen LogP contribution is 2.36. The maximum Gasteiger partial charge on any atom is 0.290 e. The molecule has 0 bridgehead atoms. The van der Waals surface area contributed by atoms with E-state index in [-0.39, 0.29) is 16.3 Å². The number of non-ortho nitro benzene ring substituents is 1. The van der Waals surface area contributed by atoms with Gasteiger partial charge >= 0.3 is 0 Å². The molecular formula is C14H9N5O4S. The van der Waals surface area contributed by atoms with Crippen LogP contribution in [-0.4, -0.2) is 24.6 Å². The van der Waals surface area contributed by atoms with Gasteiger partial charge in [-0.25, -0.2) is 0 Å². The topological polar surface area (TPSA) is 117 Å². The Balaban J connectivity index is 2.00. The second kappa shape index (κ2) is 6.46. The SMILES string of the molecule is O=[N+]([O-])c1ccc(Sc2nncn2-c2ccccc2)c([N+](=O)[O-])c1. The molecular weight excluding hydrogens is 334 g/mol. The van der Waals surface area contributed by atoms with Gasteiger partial charge < -0.3 is 0 Å². The van der Waals surface area contributed by atoms with Crippen LogP contribution in [0.4, 0.5) is 11.4 Å². The Labute approximate surface area is 139 Å². The van der Waals surface area contributed by atoms with Gasteiger partial charge in [0.1, 0.15) is 6.33 Å². The van der Waals surface area contributed by atoms with Crippen molar-refractivity contribution < 1.29 is 9.85 Å². The Morgan fingerprint density at radius 1 is 1.00 bits per heavy atom. The fraction of sp³-hybridized carbons (Fsp3) is 0. The first-order valence-corrected chi connectivity index (χ1v) is 7.44. The Hall–Kier alpha value is -3.27. The number of nitro benzene ring substituents is 2. The normalized spacial score (nSPS) is 10.5. The zero-order valence-electron chi connectivity index (χ0n) is 12.0. The first kappa shape index (κ1) is 15.6. The van der Waals surface area contributed by atoms with Crippen molar-refractivity contribution in [3.05, 3.63) is 75.1 Å². The predicted molar refractivity (Wildman–Crippen MR) is 85.2 cm³/mol. The molecule has 0 aliphatic heterocycles. The predicted octanol–water partition coefficient (Wildman–Crippen LogP) is 3.23. The van der Waals surface area contributed by atoms with E-state index in [1.165, 1.54) is 18.5 Å². The zero-order chi connectivity index (χ0) is 17.1. The van der Waals surface area contributed by atoms with E-state index in [2.05, 4.69) is 10.2 Å². The largest absolute Gasteiger partial charge is 0.290 e. The monoisotopic (exact) mass is 343 g/mol. The highest BCUT2D eigenvalue weighted by Gasteiger charge is 2.22. The average molecular weight is 343 g/mol. The molecule has 0 unspecified atom stereocenters. The molecule has 0 aliphatic rings. The van der Waals surface area contributed by atoms with Gasteiger partial charge in [-0.2, -0.15) is 0 Å². The smallest absolute Gasteiger partial charge is 0.276 e. The number of para-hydroxylation sites is 1. The minimum absolute atomic E-state index is 0.246. The molecule has 0 N–H and O–H groups in total. The molecule has 3 aromatic rings. The molecule has 0 radical (unpaired) electrons. The van der Waals surface area contributed by atoms with Gasteiger partial charge in [0.25, 0.3) is 11.4 Å². The van der Waals surface area contributed by atoms with Crippen molar-refractivity contribution in [3.8, 4) is 5.69 Å². The van der Waals surface area contributed by atoms with Crippen molar-refractivity contribution in [1.29, 1.82) is 0 Å². The summed E-state index contributed by atoms with van der Waals surface area (Å²) in [7, 11) is 0. The van der Waals surface area contributed by atoms with Crippen molar-refractivity contribution in [2.75, 3.05) is 0 Å². The summed E-state index contributed by atoms with van der Waals surface area (Å²) in [6.07, 6.45) is 1.49. The van der Waals surface area contributed by atoms with E-state index in [0.717, 1.165) is 23.5 Å². The summed E-state index contributed by atoms with van der Waals surface area (Å²) in [5.74, 6) is 0. The van der Waals surface area contributed by atoms with Gasteiger partial charge in [0.05, 0.1) is 20.8 Å². The minimum atomic E-state index is -0.673. The summed E-state index contributed by atoms with van der Waals surface area (Å²) >= 11 is 1.02. The highest BCUT2D eigenvalue weighted by molar-refractivity contribution is 7.99. The zero-order valence-corrected chi connectivity index (χ0v) is 12.8. The van der Waals surface area contributed by atoms with E-state index in [9.17, 15) is 20.2 Å². The minimum Gasteiger partial charge on any atom is -0.276 e. The molecule has 1 heterocycles. The molecule has 0 fully saturated rings. The van der Waals surface area contributed by atoms with Gasteiger partial charge in [-0.15, -0.1) is 10.2 Å². The van der Waals surface area contributed by atoms with Gasteiger partial charge in [0, 0.05) is 11.8 Å². The average Bonchev–Trinajstić information content (AvgIpc) is 3.03. The van der Waals surface area contributed by atoms with Crippen molar-refractivity contribution in [2.45, 2.75) is 10.1 Å². The van der Waals surface area contributed by atoms with Gasteiger partial charge in [-0.05, 0) is 30.0 Å². The van der Waals surface area contributed by atoms with Crippen LogP contribution < -0.4 is 0 Å². The fourth-order valence-corrected chi connectivity index (χ4v) is 2.92. The van der Waals surface area contributed by atoms with E-state index in [1.807, 2.05) is 30.3 Å². The number of hydrogen-bond acceptors (Lipinski definition) is 7. The molecule has 9 nitrogen and oxygen atoms in total. The van der Waals surface area contributed by atoms with Crippen LogP contribution in [0.5, 0.6) is 0 Å². The second-order valence-electron chi connectivity index (χ2n) is 4.59. The molecule has 0 amide bonds. The van der Waals surface area contributed by atoms with Crippen LogP contribution in [0.25, 0.3) is 5.69 Å². The van der Waals surface area contributed by atoms with E-state index in [0.29, 0.717) is 5.16 Å². The molecule has 120 valence electrons. The van der Waals surface area contributed by atoms with Crippen LogP contribution >= 0.6 is 11.8 Å². The Morgan fingerprint density at radius 3 is 2.42 bits per heavy atom. The highest BCUT2D eigenvalue weighted by atomic mass is 32.2.